The van der Waals surface area contributed by atoms with Gasteiger partial charge in [-0.15, -0.1) is 0 Å². The molecule has 1 atom stereocenters. The van der Waals surface area contributed by atoms with Crippen molar-refractivity contribution in [2.24, 2.45) is 0 Å². The van der Waals surface area contributed by atoms with E-state index in [1.807, 2.05) is 18.2 Å². The summed E-state index contributed by atoms with van der Waals surface area (Å²) in [4.78, 5) is 19.1. The van der Waals surface area contributed by atoms with Crippen molar-refractivity contribution < 1.29 is 28.8 Å². The Kier molecular flexibility index (Phi) is 6.28. The summed E-state index contributed by atoms with van der Waals surface area (Å²) in [5.74, 6) is 0.833. The molecule has 10 heteroatoms. The zero-order valence-electron chi connectivity index (χ0n) is 19.0. The topological polar surface area (TPSA) is 101 Å². The van der Waals surface area contributed by atoms with E-state index in [0.717, 1.165) is 0 Å². The van der Waals surface area contributed by atoms with E-state index in [9.17, 15) is 9.90 Å². The van der Waals surface area contributed by atoms with Crippen LogP contribution in [-0.4, -0.2) is 43.6 Å². The molecule has 1 aromatic heterocycles. The van der Waals surface area contributed by atoms with Gasteiger partial charge in [0.25, 0.3) is 17.0 Å². The summed E-state index contributed by atoms with van der Waals surface area (Å²) in [6.07, 6.45) is 1.24. The SMILES string of the molecule is CCC(=O)N1c2ccccc2-c2c([O-])nc(SC)n[n+]2C1c1cc(OC)c(OC)cc1OC. The predicted molar refractivity (Wildman–Crippen MR) is 121 cm³/mol. The Bertz CT molecular complexity index is 1220. The molecule has 9 nitrogen and oxygen atoms in total. The molecule has 0 saturated carbocycles. The molecule has 0 saturated heterocycles. The Morgan fingerprint density at radius 1 is 1.12 bits per heavy atom. The third-order valence-electron chi connectivity index (χ3n) is 5.48. The van der Waals surface area contributed by atoms with Gasteiger partial charge >= 0.3 is 0 Å². The van der Waals surface area contributed by atoms with Gasteiger partial charge in [0.2, 0.25) is 5.91 Å². The highest BCUT2D eigenvalue weighted by Crippen LogP contribution is 2.45. The average molecular weight is 469 g/mol. The number of anilines is 1. The van der Waals surface area contributed by atoms with Gasteiger partial charge in [-0.1, -0.05) is 35.5 Å². The molecule has 2 aromatic carbocycles. The number of amides is 1. The molecule has 3 aromatic rings. The highest BCUT2D eigenvalue weighted by atomic mass is 32.2. The van der Waals surface area contributed by atoms with E-state index in [4.69, 9.17) is 14.2 Å². The zero-order valence-corrected chi connectivity index (χ0v) is 19.8. The van der Waals surface area contributed by atoms with Crippen LogP contribution in [0.1, 0.15) is 25.1 Å². The molecule has 4 rings (SSSR count). The standard InChI is InChI=1S/C23H24N4O5S/c1-6-19(28)26-15-10-8-7-9-13(15)20-21(29)24-23(33-5)25-27(20)22(26)14-11-17(31-3)18(32-4)12-16(14)30-2/h7-12,22H,6H2,1-5H3. The molecule has 1 unspecified atom stereocenters. The Morgan fingerprint density at radius 2 is 1.79 bits per heavy atom. The number of thioether (sulfide) groups is 1. The first-order valence-electron chi connectivity index (χ1n) is 10.2. The van der Waals surface area contributed by atoms with Crippen molar-refractivity contribution >= 4 is 23.4 Å². The number of carbonyl (C=O) groups is 1. The summed E-state index contributed by atoms with van der Waals surface area (Å²) in [7, 11) is 4.60. The molecular weight excluding hydrogens is 444 g/mol. The summed E-state index contributed by atoms with van der Waals surface area (Å²) < 4.78 is 18.2. The van der Waals surface area contributed by atoms with Crippen LogP contribution in [0.3, 0.4) is 0 Å². The first-order valence-corrected chi connectivity index (χ1v) is 11.5. The van der Waals surface area contributed by atoms with E-state index < -0.39 is 12.0 Å². The fourth-order valence-corrected chi connectivity index (χ4v) is 4.34. The molecule has 0 bridgehead atoms. The van der Waals surface area contributed by atoms with Crippen molar-refractivity contribution in [1.29, 1.82) is 0 Å². The maximum absolute atomic E-state index is 13.3. The number of carbonyl (C=O) groups excluding carboxylic acids is 1. The van der Waals surface area contributed by atoms with Crippen LogP contribution in [0.15, 0.2) is 41.6 Å². The van der Waals surface area contributed by atoms with Crippen LogP contribution in [0.4, 0.5) is 5.69 Å². The van der Waals surface area contributed by atoms with Gasteiger partial charge in [-0.25, -0.2) is 9.88 Å². The third kappa shape index (κ3) is 3.70. The predicted octanol–water partition coefficient (Wildman–Crippen LogP) is 2.56. The van der Waals surface area contributed by atoms with Crippen molar-refractivity contribution in [1.82, 2.24) is 10.1 Å². The number of rotatable bonds is 6. The van der Waals surface area contributed by atoms with Crippen LogP contribution in [-0.2, 0) is 4.79 Å². The lowest BCUT2D eigenvalue weighted by Gasteiger charge is -2.34. The molecule has 1 aliphatic heterocycles. The first-order chi connectivity index (χ1) is 16.0. The fourth-order valence-electron chi connectivity index (χ4n) is 4.00. The summed E-state index contributed by atoms with van der Waals surface area (Å²) in [6, 6.07) is 10.7. The molecule has 1 aliphatic rings. The van der Waals surface area contributed by atoms with Gasteiger partial charge in [0.15, 0.2) is 11.5 Å². The fraction of sp³-hybridized carbons (Fsp3) is 0.304. The number of hydrogen-bond acceptors (Lipinski definition) is 8. The summed E-state index contributed by atoms with van der Waals surface area (Å²) in [5.41, 5.74) is 2.07. The quantitative estimate of drug-likeness (QED) is 0.402. The minimum absolute atomic E-state index is 0.140. The molecule has 0 radical (unpaired) electrons. The van der Waals surface area contributed by atoms with Gasteiger partial charge in [-0.3, -0.25) is 4.79 Å². The lowest BCUT2D eigenvalue weighted by atomic mass is 10.00. The van der Waals surface area contributed by atoms with Gasteiger partial charge in [0.1, 0.15) is 5.75 Å². The number of nitrogens with zero attached hydrogens (tertiary/aromatic N) is 4. The second-order valence-electron chi connectivity index (χ2n) is 7.15. The number of benzene rings is 2. The van der Waals surface area contributed by atoms with Crippen molar-refractivity contribution in [2.45, 2.75) is 24.7 Å². The highest BCUT2D eigenvalue weighted by Gasteiger charge is 2.46. The lowest BCUT2D eigenvalue weighted by Crippen LogP contribution is -2.59. The van der Waals surface area contributed by atoms with Gasteiger partial charge < -0.3 is 19.3 Å². The van der Waals surface area contributed by atoms with Crippen molar-refractivity contribution in [3.8, 4) is 34.4 Å². The zero-order chi connectivity index (χ0) is 23.7. The van der Waals surface area contributed by atoms with Crippen LogP contribution >= 0.6 is 11.8 Å². The van der Waals surface area contributed by atoms with E-state index in [2.05, 4.69) is 10.1 Å². The summed E-state index contributed by atoms with van der Waals surface area (Å²) in [5, 5.41) is 18.1. The number of para-hydroxylation sites is 1. The Hall–Kier alpha value is -3.53. The highest BCUT2D eigenvalue weighted by molar-refractivity contribution is 7.98. The Morgan fingerprint density at radius 3 is 2.42 bits per heavy atom. The van der Waals surface area contributed by atoms with Crippen LogP contribution in [0.5, 0.6) is 23.1 Å². The first kappa shape index (κ1) is 22.7. The van der Waals surface area contributed by atoms with Gasteiger partial charge in [-0.2, -0.15) is 0 Å². The van der Waals surface area contributed by atoms with E-state index in [-0.39, 0.29) is 12.3 Å². The summed E-state index contributed by atoms with van der Waals surface area (Å²) >= 11 is 1.25. The van der Waals surface area contributed by atoms with Crippen LogP contribution < -0.4 is 28.9 Å². The molecule has 33 heavy (non-hydrogen) atoms. The molecule has 0 N–H and O–H groups in total. The minimum atomic E-state index is -0.807. The largest absolute Gasteiger partial charge is 0.854 e. The van der Waals surface area contributed by atoms with Crippen LogP contribution in [0.2, 0.25) is 0 Å². The smallest absolute Gasteiger partial charge is 0.296 e. The molecule has 1 amide bonds. The van der Waals surface area contributed by atoms with Crippen LogP contribution in [0, 0.1) is 0 Å². The maximum Gasteiger partial charge on any atom is 0.296 e. The number of methoxy groups -OCH3 is 3. The molecule has 0 fully saturated rings. The number of ether oxygens (including phenoxy) is 3. The molecule has 0 aliphatic carbocycles. The lowest BCUT2D eigenvalue weighted by molar-refractivity contribution is -0.764. The average Bonchev–Trinajstić information content (AvgIpc) is 2.86. The molecule has 2 heterocycles. The summed E-state index contributed by atoms with van der Waals surface area (Å²) in [6.45, 7) is 1.79. The number of hydrogen-bond donors (Lipinski definition) is 0. The van der Waals surface area contributed by atoms with E-state index in [1.165, 1.54) is 33.1 Å². The van der Waals surface area contributed by atoms with E-state index in [0.29, 0.717) is 44.9 Å². The second kappa shape index (κ2) is 9.14. The number of fused-ring (bicyclic) bond motifs is 3. The van der Waals surface area contributed by atoms with E-state index >= 15 is 0 Å². The normalized spacial score (nSPS) is 14.3. The number of aromatic nitrogens is 3. The van der Waals surface area contributed by atoms with Crippen molar-refractivity contribution in [3.63, 3.8) is 0 Å². The maximum atomic E-state index is 13.3. The van der Waals surface area contributed by atoms with Gasteiger partial charge in [-0.05, 0) is 24.5 Å². The van der Waals surface area contributed by atoms with Crippen molar-refractivity contribution in [2.75, 3.05) is 32.5 Å². The monoisotopic (exact) mass is 468 g/mol. The molecule has 172 valence electrons. The minimum Gasteiger partial charge on any atom is -0.854 e. The Balaban J connectivity index is 2.11. The van der Waals surface area contributed by atoms with Crippen molar-refractivity contribution in [3.05, 3.63) is 42.0 Å². The van der Waals surface area contributed by atoms with Gasteiger partial charge in [0, 0.05) is 17.6 Å². The van der Waals surface area contributed by atoms with E-state index in [1.54, 1.807) is 41.0 Å². The van der Waals surface area contributed by atoms with Gasteiger partial charge in [0.05, 0.1) is 44.0 Å². The van der Waals surface area contributed by atoms with Crippen LogP contribution in [0.25, 0.3) is 11.3 Å². The Labute approximate surface area is 195 Å². The second-order valence-corrected chi connectivity index (χ2v) is 7.93. The molecular formula is C23H24N4O5S. The molecule has 0 spiro atoms. The third-order valence-corrected chi connectivity index (χ3v) is 6.02.